The molecule has 1 N–H and O–H groups in total. The van der Waals surface area contributed by atoms with Gasteiger partial charge in [-0.2, -0.15) is 0 Å². The monoisotopic (exact) mass is 256 g/mol. The average molecular weight is 256 g/mol. The average Bonchev–Trinajstić information content (AvgIpc) is 2.27. The van der Waals surface area contributed by atoms with Crippen molar-refractivity contribution in [3.8, 4) is 0 Å². The highest BCUT2D eigenvalue weighted by atomic mass is 15.1. The van der Waals surface area contributed by atoms with Crippen molar-refractivity contribution < 1.29 is 0 Å². The summed E-state index contributed by atoms with van der Waals surface area (Å²) in [6, 6.07) is 0. The Kier molecular flexibility index (Phi) is 9.76. The summed E-state index contributed by atoms with van der Waals surface area (Å²) < 4.78 is 0. The molecular formula is C16H36N2. The van der Waals surface area contributed by atoms with Crippen LogP contribution in [0.5, 0.6) is 0 Å². The summed E-state index contributed by atoms with van der Waals surface area (Å²) in [5.41, 5.74) is 0.426. The van der Waals surface area contributed by atoms with Gasteiger partial charge in [-0.3, -0.25) is 0 Å². The van der Waals surface area contributed by atoms with Gasteiger partial charge in [-0.15, -0.1) is 0 Å². The van der Waals surface area contributed by atoms with Crippen LogP contribution < -0.4 is 5.32 Å². The van der Waals surface area contributed by atoms with Crippen LogP contribution in [0.25, 0.3) is 0 Å². The first-order valence-corrected chi connectivity index (χ1v) is 7.82. The molecule has 0 saturated carbocycles. The zero-order valence-electron chi connectivity index (χ0n) is 13.7. The highest BCUT2D eigenvalue weighted by Gasteiger charge is 2.24. The molecule has 0 amide bonds. The minimum atomic E-state index is 0.426. The van der Waals surface area contributed by atoms with Gasteiger partial charge in [0.2, 0.25) is 0 Å². The molecule has 0 aliphatic rings. The summed E-state index contributed by atoms with van der Waals surface area (Å²) in [5.74, 6) is 0.808. The standard InChI is InChI=1S/C16H36N2/c1-7-10-16(5,13-17-11-8-2)14-18(6)12-9-15(3)4/h15,17H,7-14H2,1-6H3. The van der Waals surface area contributed by atoms with Gasteiger partial charge in [0.1, 0.15) is 0 Å². The summed E-state index contributed by atoms with van der Waals surface area (Å²) in [5, 5.41) is 3.60. The number of nitrogens with one attached hydrogen (secondary N) is 1. The van der Waals surface area contributed by atoms with Gasteiger partial charge < -0.3 is 10.2 Å². The third-order valence-electron chi connectivity index (χ3n) is 3.57. The maximum absolute atomic E-state index is 3.60. The first kappa shape index (κ1) is 17.9. The van der Waals surface area contributed by atoms with Crippen molar-refractivity contribution >= 4 is 0 Å². The van der Waals surface area contributed by atoms with Crippen LogP contribution in [0, 0.1) is 11.3 Å². The maximum atomic E-state index is 3.60. The van der Waals surface area contributed by atoms with E-state index in [0.717, 1.165) is 19.0 Å². The first-order valence-electron chi connectivity index (χ1n) is 7.82. The Labute approximate surface area is 116 Å². The molecule has 0 bridgehead atoms. The van der Waals surface area contributed by atoms with Crippen molar-refractivity contribution in [3.63, 3.8) is 0 Å². The van der Waals surface area contributed by atoms with E-state index in [1.807, 2.05) is 0 Å². The molecule has 0 aliphatic heterocycles. The number of hydrogen-bond acceptors (Lipinski definition) is 2. The van der Waals surface area contributed by atoms with E-state index in [1.165, 1.54) is 38.8 Å². The lowest BCUT2D eigenvalue weighted by Crippen LogP contribution is -2.41. The summed E-state index contributed by atoms with van der Waals surface area (Å²) in [6.45, 7) is 16.3. The van der Waals surface area contributed by atoms with E-state index in [0.29, 0.717) is 5.41 Å². The lowest BCUT2D eigenvalue weighted by molar-refractivity contribution is 0.168. The molecule has 0 rings (SSSR count). The van der Waals surface area contributed by atoms with E-state index >= 15 is 0 Å². The van der Waals surface area contributed by atoms with E-state index < -0.39 is 0 Å². The number of nitrogens with zero attached hydrogens (tertiary/aromatic N) is 1. The quantitative estimate of drug-likeness (QED) is 0.566. The van der Waals surface area contributed by atoms with Crippen LogP contribution >= 0.6 is 0 Å². The second-order valence-electron chi connectivity index (χ2n) is 6.66. The van der Waals surface area contributed by atoms with Crippen molar-refractivity contribution in [2.75, 3.05) is 33.2 Å². The van der Waals surface area contributed by atoms with Crippen LogP contribution in [0.2, 0.25) is 0 Å². The Bertz CT molecular complexity index is 192. The Morgan fingerprint density at radius 3 is 2.33 bits per heavy atom. The van der Waals surface area contributed by atoms with Crippen molar-refractivity contribution in [3.05, 3.63) is 0 Å². The Morgan fingerprint density at radius 1 is 1.17 bits per heavy atom. The fourth-order valence-corrected chi connectivity index (χ4v) is 2.60. The highest BCUT2D eigenvalue weighted by Crippen LogP contribution is 2.23. The van der Waals surface area contributed by atoms with E-state index in [2.05, 4.69) is 51.9 Å². The zero-order chi connectivity index (χ0) is 14.0. The van der Waals surface area contributed by atoms with E-state index in [4.69, 9.17) is 0 Å². The third kappa shape index (κ3) is 8.93. The molecule has 2 nitrogen and oxygen atoms in total. The van der Waals surface area contributed by atoms with Crippen LogP contribution in [0.3, 0.4) is 0 Å². The van der Waals surface area contributed by atoms with Crippen LogP contribution in [0.1, 0.15) is 60.3 Å². The molecule has 1 unspecified atom stereocenters. The van der Waals surface area contributed by atoms with Crippen LogP contribution in [0.4, 0.5) is 0 Å². The second-order valence-corrected chi connectivity index (χ2v) is 6.66. The molecule has 0 aromatic heterocycles. The van der Waals surface area contributed by atoms with Gasteiger partial charge in [-0.25, -0.2) is 0 Å². The van der Waals surface area contributed by atoms with Gasteiger partial charge in [-0.05, 0) is 50.7 Å². The Balaban J connectivity index is 4.13. The summed E-state index contributed by atoms with van der Waals surface area (Å²) >= 11 is 0. The fourth-order valence-electron chi connectivity index (χ4n) is 2.60. The summed E-state index contributed by atoms with van der Waals surface area (Å²) in [6.07, 6.45) is 5.13. The van der Waals surface area contributed by atoms with E-state index in [9.17, 15) is 0 Å². The number of rotatable bonds is 11. The minimum absolute atomic E-state index is 0.426. The SMILES string of the molecule is CCCNCC(C)(CCC)CN(C)CCC(C)C. The minimum Gasteiger partial charge on any atom is -0.316 e. The van der Waals surface area contributed by atoms with Crippen LogP contribution in [0.15, 0.2) is 0 Å². The smallest absolute Gasteiger partial charge is 0.00444 e. The van der Waals surface area contributed by atoms with Gasteiger partial charge in [0.25, 0.3) is 0 Å². The van der Waals surface area contributed by atoms with Crippen molar-refractivity contribution in [1.29, 1.82) is 0 Å². The molecule has 1 atom stereocenters. The molecule has 0 aromatic carbocycles. The van der Waals surface area contributed by atoms with Crippen LogP contribution in [-0.2, 0) is 0 Å². The van der Waals surface area contributed by atoms with Gasteiger partial charge in [-0.1, -0.05) is 41.0 Å². The van der Waals surface area contributed by atoms with Gasteiger partial charge >= 0.3 is 0 Å². The molecule has 0 heterocycles. The predicted octanol–water partition coefficient (Wildman–Crippen LogP) is 3.77. The van der Waals surface area contributed by atoms with Crippen molar-refractivity contribution in [2.24, 2.45) is 11.3 Å². The zero-order valence-corrected chi connectivity index (χ0v) is 13.7. The lowest BCUT2D eigenvalue weighted by Gasteiger charge is -2.34. The molecule has 0 saturated heterocycles. The maximum Gasteiger partial charge on any atom is 0.00444 e. The lowest BCUT2D eigenvalue weighted by atomic mass is 9.84. The Morgan fingerprint density at radius 2 is 1.83 bits per heavy atom. The third-order valence-corrected chi connectivity index (χ3v) is 3.57. The summed E-state index contributed by atoms with van der Waals surface area (Å²) in [7, 11) is 2.27. The Hall–Kier alpha value is -0.0800. The van der Waals surface area contributed by atoms with Crippen molar-refractivity contribution in [1.82, 2.24) is 10.2 Å². The fraction of sp³-hybridized carbons (Fsp3) is 1.00. The van der Waals surface area contributed by atoms with Crippen molar-refractivity contribution in [2.45, 2.75) is 60.3 Å². The van der Waals surface area contributed by atoms with Gasteiger partial charge in [0, 0.05) is 13.1 Å². The van der Waals surface area contributed by atoms with E-state index in [1.54, 1.807) is 0 Å². The van der Waals surface area contributed by atoms with Gasteiger partial charge in [0.05, 0.1) is 0 Å². The molecule has 0 aliphatic carbocycles. The highest BCUT2D eigenvalue weighted by molar-refractivity contribution is 4.79. The van der Waals surface area contributed by atoms with Crippen LogP contribution in [-0.4, -0.2) is 38.1 Å². The molecule has 0 spiro atoms. The largest absolute Gasteiger partial charge is 0.316 e. The molecule has 0 fully saturated rings. The molecular weight excluding hydrogens is 220 g/mol. The molecule has 110 valence electrons. The van der Waals surface area contributed by atoms with E-state index in [-0.39, 0.29) is 0 Å². The molecule has 2 heteroatoms. The number of hydrogen-bond donors (Lipinski definition) is 1. The topological polar surface area (TPSA) is 15.3 Å². The van der Waals surface area contributed by atoms with Gasteiger partial charge in [0.15, 0.2) is 0 Å². The molecule has 0 radical (unpaired) electrons. The second kappa shape index (κ2) is 9.80. The summed E-state index contributed by atoms with van der Waals surface area (Å²) in [4.78, 5) is 2.52. The molecule has 18 heavy (non-hydrogen) atoms. The normalized spacial score (nSPS) is 15.3. The predicted molar refractivity (Wildman–Crippen MR) is 83.1 cm³/mol. The first-order chi connectivity index (χ1) is 8.43. The molecule has 0 aromatic rings.